The molecular formula is C20H24ClNO3. The van der Waals surface area contributed by atoms with Crippen LogP contribution in [-0.2, 0) is 11.2 Å². The summed E-state index contributed by atoms with van der Waals surface area (Å²) in [5.74, 6) is -0.968. The first-order valence-electron chi connectivity index (χ1n) is 8.35. The molecule has 134 valence electrons. The lowest BCUT2D eigenvalue weighted by Gasteiger charge is -2.33. The van der Waals surface area contributed by atoms with E-state index in [2.05, 4.69) is 5.32 Å². The zero-order valence-electron chi connectivity index (χ0n) is 14.0. The summed E-state index contributed by atoms with van der Waals surface area (Å²) < 4.78 is 0. The van der Waals surface area contributed by atoms with Crippen molar-refractivity contribution in [3.63, 3.8) is 0 Å². The summed E-state index contributed by atoms with van der Waals surface area (Å²) >= 11 is 0. The van der Waals surface area contributed by atoms with E-state index in [0.29, 0.717) is 13.0 Å². The first kappa shape index (κ1) is 19.4. The van der Waals surface area contributed by atoms with E-state index in [-0.39, 0.29) is 24.9 Å². The largest absolute Gasteiger partial charge is 0.481 e. The van der Waals surface area contributed by atoms with Gasteiger partial charge in [0.05, 0.1) is 12.0 Å². The average Bonchev–Trinajstić information content (AvgIpc) is 3.15. The number of benzene rings is 2. The zero-order valence-corrected chi connectivity index (χ0v) is 14.8. The van der Waals surface area contributed by atoms with Gasteiger partial charge in [-0.15, -0.1) is 12.4 Å². The minimum atomic E-state index is -1.13. The second-order valence-corrected chi connectivity index (χ2v) is 6.55. The molecule has 25 heavy (non-hydrogen) atoms. The lowest BCUT2D eigenvalue weighted by atomic mass is 9.71. The van der Waals surface area contributed by atoms with Gasteiger partial charge in [-0.2, -0.15) is 0 Å². The highest BCUT2D eigenvalue weighted by atomic mass is 35.5. The molecule has 1 aliphatic rings. The number of hydrogen-bond donors (Lipinski definition) is 3. The molecule has 1 fully saturated rings. The van der Waals surface area contributed by atoms with Crippen LogP contribution in [0, 0.1) is 11.3 Å². The Balaban J connectivity index is 0.00000225. The molecule has 0 amide bonds. The number of aliphatic hydroxyl groups excluding tert-OH is 1. The van der Waals surface area contributed by atoms with Gasteiger partial charge in [-0.25, -0.2) is 0 Å². The van der Waals surface area contributed by atoms with Crippen LogP contribution in [0.25, 0.3) is 11.1 Å². The number of nitrogens with one attached hydrogen (secondary N) is 1. The van der Waals surface area contributed by atoms with Crippen LogP contribution in [0.5, 0.6) is 0 Å². The van der Waals surface area contributed by atoms with Crippen molar-refractivity contribution < 1.29 is 15.0 Å². The molecule has 0 aromatic heterocycles. The fourth-order valence-electron chi connectivity index (χ4n) is 3.63. The van der Waals surface area contributed by atoms with Crippen LogP contribution >= 0.6 is 12.4 Å². The van der Waals surface area contributed by atoms with Crippen molar-refractivity contribution >= 4 is 18.4 Å². The number of carboxylic acid groups (broad SMARTS) is 1. The third-order valence-electron chi connectivity index (χ3n) is 5.10. The van der Waals surface area contributed by atoms with Crippen molar-refractivity contribution in [1.82, 2.24) is 5.32 Å². The van der Waals surface area contributed by atoms with E-state index in [1.807, 2.05) is 54.6 Å². The predicted molar refractivity (Wildman–Crippen MR) is 101 cm³/mol. The summed E-state index contributed by atoms with van der Waals surface area (Å²) in [5, 5.41) is 23.0. The van der Waals surface area contributed by atoms with Crippen molar-refractivity contribution in [2.24, 2.45) is 11.3 Å². The summed E-state index contributed by atoms with van der Waals surface area (Å²) in [7, 11) is 0. The van der Waals surface area contributed by atoms with Crippen LogP contribution in [0.1, 0.15) is 12.0 Å². The molecule has 2 atom stereocenters. The van der Waals surface area contributed by atoms with Gasteiger partial charge < -0.3 is 15.5 Å². The zero-order chi connectivity index (χ0) is 17.0. The SMILES string of the molecule is Cl.O=C(O)C(CO)(Cc1cccc(-c2ccccc2)c1)[C@H]1CCNC1. The van der Waals surface area contributed by atoms with Crippen molar-refractivity contribution in [3.8, 4) is 11.1 Å². The van der Waals surface area contributed by atoms with Gasteiger partial charge in [0.2, 0.25) is 0 Å². The van der Waals surface area contributed by atoms with E-state index in [4.69, 9.17) is 0 Å². The summed E-state index contributed by atoms with van der Waals surface area (Å²) in [6.07, 6.45) is 1.12. The molecule has 3 N–H and O–H groups in total. The minimum Gasteiger partial charge on any atom is -0.481 e. The van der Waals surface area contributed by atoms with Crippen LogP contribution in [0.2, 0.25) is 0 Å². The van der Waals surface area contributed by atoms with Gasteiger partial charge in [-0.3, -0.25) is 4.79 Å². The summed E-state index contributed by atoms with van der Waals surface area (Å²) in [6, 6.07) is 18.0. The molecule has 1 aliphatic heterocycles. The molecule has 1 heterocycles. The number of rotatable bonds is 6. The van der Waals surface area contributed by atoms with Gasteiger partial charge in [0.15, 0.2) is 0 Å². The molecule has 2 aromatic rings. The molecule has 3 rings (SSSR count). The number of carbonyl (C=O) groups is 1. The number of halogens is 1. The highest BCUT2D eigenvalue weighted by molar-refractivity contribution is 5.85. The van der Waals surface area contributed by atoms with E-state index in [0.717, 1.165) is 29.7 Å². The van der Waals surface area contributed by atoms with E-state index < -0.39 is 11.4 Å². The number of aliphatic hydroxyl groups is 1. The highest BCUT2D eigenvalue weighted by Gasteiger charge is 2.46. The maximum atomic E-state index is 12.0. The molecule has 1 saturated heterocycles. The molecule has 1 unspecified atom stereocenters. The van der Waals surface area contributed by atoms with Crippen molar-refractivity contribution in [1.29, 1.82) is 0 Å². The van der Waals surface area contributed by atoms with Crippen molar-refractivity contribution in [2.45, 2.75) is 12.8 Å². The summed E-state index contributed by atoms with van der Waals surface area (Å²) in [6.45, 7) is 1.11. The molecular weight excluding hydrogens is 338 g/mol. The first-order valence-corrected chi connectivity index (χ1v) is 8.35. The minimum absolute atomic E-state index is 0. The Morgan fingerprint density at radius 2 is 1.84 bits per heavy atom. The molecule has 0 bridgehead atoms. The molecule has 0 radical (unpaired) electrons. The fourth-order valence-corrected chi connectivity index (χ4v) is 3.63. The van der Waals surface area contributed by atoms with Gasteiger partial charge in [-0.1, -0.05) is 54.6 Å². The van der Waals surface area contributed by atoms with Crippen LogP contribution < -0.4 is 5.32 Å². The number of hydrogen-bond acceptors (Lipinski definition) is 3. The quantitative estimate of drug-likeness (QED) is 0.739. The van der Waals surface area contributed by atoms with Gasteiger partial charge in [0.1, 0.15) is 0 Å². The van der Waals surface area contributed by atoms with Crippen LogP contribution in [-0.4, -0.2) is 35.9 Å². The normalized spacial score (nSPS) is 19.0. The molecule has 0 saturated carbocycles. The monoisotopic (exact) mass is 361 g/mol. The Bertz CT molecular complexity index is 701. The van der Waals surface area contributed by atoms with Gasteiger partial charge in [-0.05, 0) is 48.5 Å². The standard InChI is InChI=1S/C20H23NO3.ClH/c22-14-20(19(23)24,18-9-10-21-13-18)12-15-5-4-8-17(11-15)16-6-2-1-3-7-16;/h1-8,11,18,21-22H,9-10,12-14H2,(H,23,24);1H/t18-,20?;/m0./s1. The van der Waals surface area contributed by atoms with Crippen LogP contribution in [0.15, 0.2) is 54.6 Å². The van der Waals surface area contributed by atoms with Gasteiger partial charge >= 0.3 is 5.97 Å². The second kappa shape index (κ2) is 8.48. The molecule has 4 nitrogen and oxygen atoms in total. The average molecular weight is 362 g/mol. The number of aliphatic carboxylic acids is 1. The van der Waals surface area contributed by atoms with Crippen molar-refractivity contribution in [3.05, 3.63) is 60.2 Å². The maximum Gasteiger partial charge on any atom is 0.312 e. The third-order valence-corrected chi connectivity index (χ3v) is 5.10. The van der Waals surface area contributed by atoms with E-state index >= 15 is 0 Å². The number of carboxylic acids is 1. The summed E-state index contributed by atoms with van der Waals surface area (Å²) in [4.78, 5) is 12.0. The van der Waals surface area contributed by atoms with E-state index in [9.17, 15) is 15.0 Å². The maximum absolute atomic E-state index is 12.0. The topological polar surface area (TPSA) is 69.6 Å². The molecule has 2 aromatic carbocycles. The Labute approximate surface area is 154 Å². The molecule has 5 heteroatoms. The lowest BCUT2D eigenvalue weighted by molar-refractivity contribution is -0.155. The predicted octanol–water partition coefficient (Wildman–Crippen LogP) is 2.99. The lowest BCUT2D eigenvalue weighted by Crippen LogP contribution is -2.45. The van der Waals surface area contributed by atoms with Crippen molar-refractivity contribution in [2.75, 3.05) is 19.7 Å². The van der Waals surface area contributed by atoms with E-state index in [1.165, 1.54) is 0 Å². The van der Waals surface area contributed by atoms with E-state index in [1.54, 1.807) is 0 Å². The smallest absolute Gasteiger partial charge is 0.312 e. The Hall–Kier alpha value is -1.88. The highest BCUT2D eigenvalue weighted by Crippen LogP contribution is 2.36. The second-order valence-electron chi connectivity index (χ2n) is 6.55. The third kappa shape index (κ3) is 4.03. The summed E-state index contributed by atoms with van der Waals surface area (Å²) in [5.41, 5.74) is 1.99. The Morgan fingerprint density at radius 3 is 2.44 bits per heavy atom. The van der Waals surface area contributed by atoms with Crippen LogP contribution in [0.3, 0.4) is 0 Å². The first-order chi connectivity index (χ1) is 11.7. The van der Waals surface area contributed by atoms with Gasteiger partial charge in [0, 0.05) is 0 Å². The van der Waals surface area contributed by atoms with Crippen LogP contribution in [0.4, 0.5) is 0 Å². The Morgan fingerprint density at radius 1 is 1.12 bits per heavy atom. The molecule has 0 spiro atoms. The van der Waals surface area contributed by atoms with Gasteiger partial charge in [0.25, 0.3) is 0 Å². The Kier molecular flexibility index (Phi) is 6.59. The molecule has 0 aliphatic carbocycles. The fraction of sp³-hybridized carbons (Fsp3) is 0.350.